The van der Waals surface area contributed by atoms with Crippen molar-refractivity contribution in [1.82, 2.24) is 15.6 Å². The molecule has 1 aliphatic heterocycles. The van der Waals surface area contributed by atoms with Crippen LogP contribution in [0, 0.1) is 0 Å². The van der Waals surface area contributed by atoms with Crippen molar-refractivity contribution in [3.8, 4) is 0 Å². The van der Waals surface area contributed by atoms with Crippen molar-refractivity contribution < 1.29 is 4.79 Å². The molecule has 0 fully saturated rings. The fourth-order valence-electron chi connectivity index (χ4n) is 1.86. The molecule has 1 aromatic heterocycles. The maximum absolute atomic E-state index is 11.9. The zero-order valence-electron chi connectivity index (χ0n) is 10.7. The lowest BCUT2D eigenvalue weighted by molar-refractivity contribution is 0.0960. The zero-order valence-corrected chi connectivity index (χ0v) is 11.5. The van der Waals surface area contributed by atoms with E-state index in [1.165, 1.54) is 16.9 Å². The van der Waals surface area contributed by atoms with E-state index >= 15 is 0 Å². The van der Waals surface area contributed by atoms with Gasteiger partial charge in [0.05, 0.1) is 11.2 Å². The summed E-state index contributed by atoms with van der Waals surface area (Å²) >= 11 is 1.50. The SMILES string of the molecule is CCCc1ncc(C(=O)NCC2=CCNCC2)s1. The van der Waals surface area contributed by atoms with E-state index in [4.69, 9.17) is 0 Å². The molecule has 0 aliphatic carbocycles. The third kappa shape index (κ3) is 3.65. The first kappa shape index (κ1) is 13.2. The maximum atomic E-state index is 11.9. The van der Waals surface area contributed by atoms with E-state index in [1.54, 1.807) is 6.20 Å². The Bertz CT molecular complexity index is 439. The molecule has 1 aromatic rings. The molecule has 0 radical (unpaired) electrons. The minimum Gasteiger partial charge on any atom is -0.348 e. The summed E-state index contributed by atoms with van der Waals surface area (Å²) in [4.78, 5) is 16.9. The van der Waals surface area contributed by atoms with Crippen LogP contribution in [0.2, 0.25) is 0 Å². The van der Waals surface area contributed by atoms with Crippen molar-refractivity contribution in [2.75, 3.05) is 19.6 Å². The van der Waals surface area contributed by atoms with Gasteiger partial charge < -0.3 is 10.6 Å². The van der Waals surface area contributed by atoms with Gasteiger partial charge in [0.25, 0.3) is 5.91 Å². The van der Waals surface area contributed by atoms with Gasteiger partial charge in [0, 0.05) is 13.1 Å². The van der Waals surface area contributed by atoms with Crippen LogP contribution in [0.15, 0.2) is 17.8 Å². The van der Waals surface area contributed by atoms with Crippen molar-refractivity contribution in [3.05, 3.63) is 27.7 Å². The van der Waals surface area contributed by atoms with Crippen LogP contribution in [0.1, 0.15) is 34.4 Å². The number of carbonyl (C=O) groups excluding carboxylic acids is 1. The Labute approximate surface area is 112 Å². The normalized spacial score (nSPS) is 15.3. The Morgan fingerprint density at radius 3 is 3.22 bits per heavy atom. The number of nitrogens with zero attached hydrogens (tertiary/aromatic N) is 1. The molecule has 1 amide bonds. The van der Waals surface area contributed by atoms with Crippen molar-refractivity contribution in [1.29, 1.82) is 0 Å². The molecule has 0 atom stereocenters. The molecule has 0 spiro atoms. The molecule has 1 aliphatic rings. The molecule has 0 bridgehead atoms. The number of rotatable bonds is 5. The highest BCUT2D eigenvalue weighted by Crippen LogP contribution is 2.14. The average Bonchev–Trinajstić information content (AvgIpc) is 2.86. The summed E-state index contributed by atoms with van der Waals surface area (Å²) < 4.78 is 0. The Morgan fingerprint density at radius 1 is 1.61 bits per heavy atom. The second-order valence-electron chi connectivity index (χ2n) is 4.37. The van der Waals surface area contributed by atoms with Gasteiger partial charge in [0.2, 0.25) is 0 Å². The first-order chi connectivity index (χ1) is 8.79. The largest absolute Gasteiger partial charge is 0.348 e. The third-order valence-corrected chi connectivity index (χ3v) is 3.93. The standard InChI is InChI=1S/C13H19N3OS/c1-2-3-12-15-9-11(18-12)13(17)16-8-10-4-6-14-7-5-10/h4,9,14H,2-3,5-8H2,1H3,(H,16,17). The van der Waals surface area contributed by atoms with Gasteiger partial charge in [0.15, 0.2) is 0 Å². The summed E-state index contributed by atoms with van der Waals surface area (Å²) in [6.07, 6.45) is 6.87. The highest BCUT2D eigenvalue weighted by atomic mass is 32.1. The second-order valence-corrected chi connectivity index (χ2v) is 5.48. The van der Waals surface area contributed by atoms with E-state index in [0.717, 1.165) is 37.4 Å². The van der Waals surface area contributed by atoms with Crippen molar-refractivity contribution in [3.63, 3.8) is 0 Å². The highest BCUT2D eigenvalue weighted by Gasteiger charge is 2.11. The molecule has 0 unspecified atom stereocenters. The van der Waals surface area contributed by atoms with Crippen LogP contribution in [0.25, 0.3) is 0 Å². The summed E-state index contributed by atoms with van der Waals surface area (Å²) in [6, 6.07) is 0. The minimum absolute atomic E-state index is 0.00529. The first-order valence-corrected chi connectivity index (χ1v) is 7.22. The van der Waals surface area contributed by atoms with Gasteiger partial charge in [-0.2, -0.15) is 0 Å². The summed E-state index contributed by atoms with van der Waals surface area (Å²) in [7, 11) is 0. The molecule has 98 valence electrons. The smallest absolute Gasteiger partial charge is 0.263 e. The Balaban J connectivity index is 1.84. The van der Waals surface area contributed by atoms with Gasteiger partial charge in [-0.3, -0.25) is 4.79 Å². The van der Waals surface area contributed by atoms with Gasteiger partial charge in [-0.1, -0.05) is 18.6 Å². The van der Waals surface area contributed by atoms with Crippen LogP contribution < -0.4 is 10.6 Å². The summed E-state index contributed by atoms with van der Waals surface area (Å²) in [5.41, 5.74) is 1.31. The lowest BCUT2D eigenvalue weighted by Gasteiger charge is -2.14. The van der Waals surface area contributed by atoms with Crippen molar-refractivity contribution >= 4 is 17.2 Å². The highest BCUT2D eigenvalue weighted by molar-refractivity contribution is 7.13. The number of nitrogens with one attached hydrogen (secondary N) is 2. The fourth-order valence-corrected chi connectivity index (χ4v) is 2.79. The van der Waals surface area contributed by atoms with Crippen LogP contribution in [0.3, 0.4) is 0 Å². The summed E-state index contributed by atoms with van der Waals surface area (Å²) in [6.45, 7) is 4.68. The second kappa shape index (κ2) is 6.66. The first-order valence-electron chi connectivity index (χ1n) is 6.41. The topological polar surface area (TPSA) is 54.0 Å². The van der Waals surface area contributed by atoms with Crippen LogP contribution in [0.5, 0.6) is 0 Å². The van der Waals surface area contributed by atoms with Crippen LogP contribution in [0.4, 0.5) is 0 Å². The fraction of sp³-hybridized carbons (Fsp3) is 0.538. The van der Waals surface area contributed by atoms with Crippen LogP contribution in [-0.4, -0.2) is 30.5 Å². The molecular formula is C13H19N3OS. The molecule has 0 saturated carbocycles. The number of carbonyl (C=O) groups is 1. The molecule has 4 nitrogen and oxygen atoms in total. The molecule has 0 aromatic carbocycles. The monoisotopic (exact) mass is 265 g/mol. The number of hydrogen-bond acceptors (Lipinski definition) is 4. The van der Waals surface area contributed by atoms with E-state index in [0.29, 0.717) is 11.4 Å². The van der Waals surface area contributed by atoms with Crippen LogP contribution in [-0.2, 0) is 6.42 Å². The Kier molecular flexibility index (Phi) is 4.90. The summed E-state index contributed by atoms with van der Waals surface area (Å²) in [5.74, 6) is -0.00529. The molecule has 2 heterocycles. The van der Waals surface area contributed by atoms with E-state index in [9.17, 15) is 4.79 Å². The number of aromatic nitrogens is 1. The average molecular weight is 265 g/mol. The molecular weight excluding hydrogens is 246 g/mol. The lowest BCUT2D eigenvalue weighted by atomic mass is 10.1. The molecule has 2 N–H and O–H groups in total. The lowest BCUT2D eigenvalue weighted by Crippen LogP contribution is -2.29. The quantitative estimate of drug-likeness (QED) is 0.797. The molecule has 5 heteroatoms. The van der Waals surface area contributed by atoms with E-state index in [1.807, 2.05) is 0 Å². The predicted octanol–water partition coefficient (Wildman–Crippen LogP) is 1.75. The van der Waals surface area contributed by atoms with Crippen LogP contribution >= 0.6 is 11.3 Å². The number of aryl methyl sites for hydroxylation is 1. The number of amides is 1. The zero-order chi connectivity index (χ0) is 12.8. The van der Waals surface area contributed by atoms with Gasteiger partial charge in [-0.05, 0) is 25.8 Å². The van der Waals surface area contributed by atoms with E-state index < -0.39 is 0 Å². The van der Waals surface area contributed by atoms with Gasteiger partial charge in [-0.15, -0.1) is 11.3 Å². The molecule has 18 heavy (non-hydrogen) atoms. The maximum Gasteiger partial charge on any atom is 0.263 e. The van der Waals surface area contributed by atoms with Gasteiger partial charge in [0.1, 0.15) is 4.88 Å². The predicted molar refractivity (Wildman–Crippen MR) is 74.0 cm³/mol. The Morgan fingerprint density at radius 2 is 2.50 bits per heavy atom. The van der Waals surface area contributed by atoms with Gasteiger partial charge in [-0.25, -0.2) is 4.98 Å². The summed E-state index contributed by atoms with van der Waals surface area (Å²) in [5, 5.41) is 7.26. The van der Waals surface area contributed by atoms with E-state index in [2.05, 4.69) is 28.6 Å². The minimum atomic E-state index is -0.00529. The Hall–Kier alpha value is -1.20. The van der Waals surface area contributed by atoms with E-state index in [-0.39, 0.29) is 5.91 Å². The third-order valence-electron chi connectivity index (χ3n) is 2.88. The van der Waals surface area contributed by atoms with Crippen molar-refractivity contribution in [2.45, 2.75) is 26.2 Å². The van der Waals surface area contributed by atoms with Gasteiger partial charge >= 0.3 is 0 Å². The number of thiazole rings is 1. The number of hydrogen-bond donors (Lipinski definition) is 2. The van der Waals surface area contributed by atoms with Crippen molar-refractivity contribution in [2.24, 2.45) is 0 Å². The molecule has 2 rings (SSSR count). The molecule has 0 saturated heterocycles.